The van der Waals surface area contributed by atoms with E-state index in [4.69, 9.17) is 9.52 Å². The Labute approximate surface area is 100 Å². The zero-order valence-electron chi connectivity index (χ0n) is 10.2. The van der Waals surface area contributed by atoms with E-state index in [9.17, 15) is 4.79 Å². The Morgan fingerprint density at radius 3 is 2.41 bits per heavy atom. The fourth-order valence-corrected chi connectivity index (χ4v) is 2.23. The first-order valence-electron chi connectivity index (χ1n) is 6.14. The summed E-state index contributed by atoms with van der Waals surface area (Å²) in [6.45, 7) is 4.03. The number of aromatic nitrogens is 2. The number of rotatable bonds is 3. The van der Waals surface area contributed by atoms with Gasteiger partial charge in [-0.1, -0.05) is 13.8 Å². The van der Waals surface area contributed by atoms with Gasteiger partial charge in [-0.2, -0.15) is 0 Å². The van der Waals surface area contributed by atoms with Crippen molar-refractivity contribution in [3.63, 3.8) is 0 Å². The molecule has 5 nitrogen and oxygen atoms in total. The lowest BCUT2D eigenvalue weighted by atomic mass is 9.82. The molecule has 0 aromatic carbocycles. The van der Waals surface area contributed by atoms with Crippen LogP contribution in [0.3, 0.4) is 0 Å². The molecule has 0 spiro atoms. The minimum absolute atomic E-state index is 0.196. The van der Waals surface area contributed by atoms with Crippen molar-refractivity contribution in [2.24, 2.45) is 5.92 Å². The van der Waals surface area contributed by atoms with Crippen LogP contribution in [-0.2, 0) is 4.79 Å². The largest absolute Gasteiger partial charge is 0.481 e. The van der Waals surface area contributed by atoms with Crippen LogP contribution in [-0.4, -0.2) is 21.3 Å². The van der Waals surface area contributed by atoms with Crippen LogP contribution in [0.5, 0.6) is 0 Å². The Bertz CT molecular complexity index is 392. The van der Waals surface area contributed by atoms with Crippen molar-refractivity contribution >= 4 is 5.97 Å². The van der Waals surface area contributed by atoms with Crippen molar-refractivity contribution in [1.29, 1.82) is 0 Å². The second kappa shape index (κ2) is 4.85. The first-order valence-corrected chi connectivity index (χ1v) is 6.14. The lowest BCUT2D eigenvalue weighted by molar-refractivity contribution is -0.142. The highest BCUT2D eigenvalue weighted by atomic mass is 16.4. The smallest absolute Gasteiger partial charge is 0.306 e. The molecule has 0 unspecified atom stereocenters. The van der Waals surface area contributed by atoms with Gasteiger partial charge in [0.2, 0.25) is 11.8 Å². The predicted molar refractivity (Wildman–Crippen MR) is 60.7 cm³/mol. The Morgan fingerprint density at radius 1 is 1.29 bits per heavy atom. The standard InChI is InChI=1S/C12H18N2O3/c1-7(2)10-13-14-11(17-10)8-3-5-9(6-4-8)12(15)16/h7-9H,3-6H2,1-2H3,(H,15,16)/t8-,9-. The van der Waals surface area contributed by atoms with Crippen LogP contribution >= 0.6 is 0 Å². The number of hydrogen-bond donors (Lipinski definition) is 1. The number of aliphatic carboxylic acids is 1. The van der Waals surface area contributed by atoms with Crippen molar-refractivity contribution in [1.82, 2.24) is 10.2 Å². The third-order valence-corrected chi connectivity index (χ3v) is 3.38. The fraction of sp³-hybridized carbons (Fsp3) is 0.750. The van der Waals surface area contributed by atoms with Crippen molar-refractivity contribution in [2.75, 3.05) is 0 Å². The van der Waals surface area contributed by atoms with Gasteiger partial charge >= 0.3 is 5.97 Å². The van der Waals surface area contributed by atoms with Gasteiger partial charge in [0, 0.05) is 11.8 Å². The molecule has 1 saturated carbocycles. The molecule has 17 heavy (non-hydrogen) atoms. The molecule has 1 aromatic rings. The summed E-state index contributed by atoms with van der Waals surface area (Å²) in [5.41, 5.74) is 0. The highest BCUT2D eigenvalue weighted by molar-refractivity contribution is 5.70. The van der Waals surface area contributed by atoms with E-state index < -0.39 is 5.97 Å². The van der Waals surface area contributed by atoms with Crippen LogP contribution < -0.4 is 0 Å². The molecule has 94 valence electrons. The van der Waals surface area contributed by atoms with Crippen molar-refractivity contribution < 1.29 is 14.3 Å². The summed E-state index contributed by atoms with van der Waals surface area (Å²) in [5.74, 6) is 0.950. The molecule has 1 aromatic heterocycles. The van der Waals surface area contributed by atoms with Crippen LogP contribution in [0, 0.1) is 5.92 Å². The molecule has 1 fully saturated rings. The van der Waals surface area contributed by atoms with E-state index in [2.05, 4.69) is 10.2 Å². The molecule has 1 N–H and O–H groups in total. The van der Waals surface area contributed by atoms with E-state index in [1.807, 2.05) is 13.8 Å². The van der Waals surface area contributed by atoms with Gasteiger partial charge in [0.25, 0.3) is 0 Å². The summed E-state index contributed by atoms with van der Waals surface area (Å²) >= 11 is 0. The Balaban J connectivity index is 1.98. The van der Waals surface area contributed by atoms with E-state index in [-0.39, 0.29) is 17.8 Å². The zero-order chi connectivity index (χ0) is 12.4. The normalized spacial score (nSPS) is 25.1. The van der Waals surface area contributed by atoms with Crippen molar-refractivity contribution in [3.05, 3.63) is 11.8 Å². The molecule has 0 amide bonds. The van der Waals surface area contributed by atoms with Gasteiger partial charge < -0.3 is 9.52 Å². The maximum atomic E-state index is 10.8. The summed E-state index contributed by atoms with van der Waals surface area (Å²) in [4.78, 5) is 10.8. The summed E-state index contributed by atoms with van der Waals surface area (Å²) < 4.78 is 5.61. The second-order valence-corrected chi connectivity index (χ2v) is 5.02. The average Bonchev–Trinajstić information content (AvgIpc) is 2.78. The first-order chi connectivity index (χ1) is 8.08. The van der Waals surface area contributed by atoms with Gasteiger partial charge in [-0.05, 0) is 25.7 Å². The fourth-order valence-electron chi connectivity index (χ4n) is 2.23. The Kier molecular flexibility index (Phi) is 3.45. The molecule has 0 bridgehead atoms. The lowest BCUT2D eigenvalue weighted by Gasteiger charge is -2.23. The molecule has 1 aliphatic rings. The van der Waals surface area contributed by atoms with Gasteiger partial charge in [-0.15, -0.1) is 10.2 Å². The quantitative estimate of drug-likeness (QED) is 0.875. The molecule has 0 saturated heterocycles. The number of nitrogens with zero attached hydrogens (tertiary/aromatic N) is 2. The van der Waals surface area contributed by atoms with E-state index >= 15 is 0 Å². The summed E-state index contributed by atoms with van der Waals surface area (Å²) in [6.07, 6.45) is 3.08. The van der Waals surface area contributed by atoms with Crippen LogP contribution in [0.1, 0.15) is 63.1 Å². The first kappa shape index (κ1) is 12.1. The molecule has 2 rings (SSSR count). The number of carboxylic acids is 1. The molecule has 1 heterocycles. The molecular formula is C12H18N2O3. The highest BCUT2D eigenvalue weighted by Crippen LogP contribution is 2.35. The van der Waals surface area contributed by atoms with E-state index in [0.717, 1.165) is 12.8 Å². The molecular weight excluding hydrogens is 220 g/mol. The van der Waals surface area contributed by atoms with Crippen molar-refractivity contribution in [3.8, 4) is 0 Å². The summed E-state index contributed by atoms with van der Waals surface area (Å²) in [6, 6.07) is 0. The minimum atomic E-state index is -0.683. The summed E-state index contributed by atoms with van der Waals surface area (Å²) in [7, 11) is 0. The van der Waals surface area contributed by atoms with Gasteiger partial charge in [0.1, 0.15) is 0 Å². The molecule has 0 aliphatic heterocycles. The van der Waals surface area contributed by atoms with Crippen molar-refractivity contribution in [2.45, 2.75) is 51.4 Å². The van der Waals surface area contributed by atoms with Crippen LogP contribution in [0.25, 0.3) is 0 Å². The molecule has 5 heteroatoms. The van der Waals surface area contributed by atoms with Gasteiger partial charge in [-0.25, -0.2) is 0 Å². The molecule has 1 aliphatic carbocycles. The van der Waals surface area contributed by atoms with E-state index in [1.165, 1.54) is 0 Å². The van der Waals surface area contributed by atoms with Crippen LogP contribution in [0.15, 0.2) is 4.42 Å². The third-order valence-electron chi connectivity index (χ3n) is 3.38. The van der Waals surface area contributed by atoms with Gasteiger partial charge in [-0.3, -0.25) is 4.79 Å². The topological polar surface area (TPSA) is 76.2 Å². The predicted octanol–water partition coefficient (Wildman–Crippen LogP) is 2.55. The Morgan fingerprint density at radius 2 is 1.94 bits per heavy atom. The Hall–Kier alpha value is -1.39. The van der Waals surface area contributed by atoms with E-state index in [0.29, 0.717) is 24.6 Å². The number of carboxylic acid groups (broad SMARTS) is 1. The van der Waals surface area contributed by atoms with Gasteiger partial charge in [0.05, 0.1) is 5.92 Å². The van der Waals surface area contributed by atoms with Gasteiger partial charge in [0.15, 0.2) is 0 Å². The minimum Gasteiger partial charge on any atom is -0.481 e. The maximum Gasteiger partial charge on any atom is 0.306 e. The summed E-state index contributed by atoms with van der Waals surface area (Å²) in [5, 5.41) is 17.0. The highest BCUT2D eigenvalue weighted by Gasteiger charge is 2.29. The molecule has 0 atom stereocenters. The maximum absolute atomic E-state index is 10.8. The second-order valence-electron chi connectivity index (χ2n) is 5.02. The lowest BCUT2D eigenvalue weighted by Crippen LogP contribution is -2.20. The third kappa shape index (κ3) is 2.65. The average molecular weight is 238 g/mol. The SMILES string of the molecule is CC(C)c1nnc([C@H]2CC[C@H](C(=O)O)CC2)o1. The van der Waals surface area contributed by atoms with E-state index in [1.54, 1.807) is 0 Å². The molecule has 0 radical (unpaired) electrons. The zero-order valence-corrected chi connectivity index (χ0v) is 10.2. The number of hydrogen-bond acceptors (Lipinski definition) is 4. The number of carbonyl (C=O) groups is 1. The monoisotopic (exact) mass is 238 g/mol. The van der Waals surface area contributed by atoms with Crippen LogP contribution in [0.2, 0.25) is 0 Å². The van der Waals surface area contributed by atoms with Crippen LogP contribution in [0.4, 0.5) is 0 Å².